The molecule has 0 aliphatic rings. The van der Waals surface area contributed by atoms with Crippen LogP contribution in [0.4, 0.5) is 0 Å². The lowest BCUT2D eigenvalue weighted by atomic mass is 10.1. The highest BCUT2D eigenvalue weighted by Crippen LogP contribution is 2.35. The van der Waals surface area contributed by atoms with Crippen molar-refractivity contribution in [1.82, 2.24) is 10.3 Å². The minimum Gasteiger partial charge on any atom is -0.493 e. The van der Waals surface area contributed by atoms with Gasteiger partial charge in [-0.05, 0) is 29.3 Å². The molecule has 0 saturated carbocycles. The number of pyridine rings is 1. The molecule has 2 aromatic heterocycles. The molecule has 4 rings (SSSR count). The summed E-state index contributed by atoms with van der Waals surface area (Å²) >= 11 is 0. The predicted molar refractivity (Wildman–Crippen MR) is 103 cm³/mol. The number of hydrogen-bond acceptors (Lipinski definition) is 4. The number of nitrogens with zero attached hydrogens (tertiary/aromatic N) is 1. The molecule has 0 unspecified atom stereocenters. The zero-order chi connectivity index (χ0) is 17.8. The number of furan rings is 1. The van der Waals surface area contributed by atoms with Gasteiger partial charge < -0.3 is 14.5 Å². The van der Waals surface area contributed by atoms with Crippen molar-refractivity contribution in [3.05, 3.63) is 84.2 Å². The van der Waals surface area contributed by atoms with Gasteiger partial charge in [-0.25, -0.2) is 0 Å². The lowest BCUT2D eigenvalue weighted by Crippen LogP contribution is -2.12. The van der Waals surface area contributed by atoms with Crippen molar-refractivity contribution < 1.29 is 9.15 Å². The van der Waals surface area contributed by atoms with Crippen LogP contribution in [0.3, 0.4) is 0 Å². The van der Waals surface area contributed by atoms with Gasteiger partial charge in [0.15, 0.2) is 11.3 Å². The molecule has 0 amide bonds. The fraction of sp³-hybridized carbons (Fsp3) is 0.136. The molecular formula is C22H20N2O2. The molecule has 26 heavy (non-hydrogen) atoms. The lowest BCUT2D eigenvalue weighted by molar-refractivity contribution is 0.411. The highest BCUT2D eigenvalue weighted by atomic mass is 16.5. The number of hydrogen-bond donors (Lipinski definition) is 1. The van der Waals surface area contributed by atoms with Gasteiger partial charge >= 0.3 is 0 Å². The van der Waals surface area contributed by atoms with Crippen LogP contribution in [0, 0.1) is 0 Å². The third kappa shape index (κ3) is 3.32. The highest BCUT2D eigenvalue weighted by Gasteiger charge is 2.14. The number of rotatable bonds is 6. The van der Waals surface area contributed by atoms with E-state index < -0.39 is 0 Å². The van der Waals surface area contributed by atoms with Crippen LogP contribution >= 0.6 is 0 Å². The number of benzene rings is 2. The second kappa shape index (κ2) is 7.42. The second-order valence-electron chi connectivity index (χ2n) is 6.11. The molecular weight excluding hydrogens is 324 g/mol. The summed E-state index contributed by atoms with van der Waals surface area (Å²) in [6, 6.07) is 20.3. The van der Waals surface area contributed by atoms with Crippen molar-refractivity contribution in [3.63, 3.8) is 0 Å². The molecule has 0 atom stereocenters. The molecule has 0 aliphatic heterocycles. The Bertz CT molecular complexity index is 995. The fourth-order valence-electron chi connectivity index (χ4n) is 3.06. The van der Waals surface area contributed by atoms with E-state index in [9.17, 15) is 0 Å². The highest BCUT2D eigenvalue weighted by molar-refractivity contribution is 5.90. The Balaban J connectivity index is 1.63. The van der Waals surface area contributed by atoms with Gasteiger partial charge in [0.2, 0.25) is 0 Å². The molecule has 4 heteroatoms. The first-order chi connectivity index (χ1) is 12.8. The summed E-state index contributed by atoms with van der Waals surface area (Å²) in [6.45, 7) is 1.51. The quantitative estimate of drug-likeness (QED) is 0.546. The minimum atomic E-state index is 0.739. The van der Waals surface area contributed by atoms with Crippen molar-refractivity contribution in [2.24, 2.45) is 0 Å². The first-order valence-electron chi connectivity index (χ1n) is 8.59. The van der Waals surface area contributed by atoms with Crippen LogP contribution in [-0.4, -0.2) is 12.1 Å². The van der Waals surface area contributed by atoms with Gasteiger partial charge in [-0.1, -0.05) is 42.5 Å². The molecule has 0 spiro atoms. The summed E-state index contributed by atoms with van der Waals surface area (Å²) in [5, 5.41) is 4.55. The van der Waals surface area contributed by atoms with Crippen LogP contribution in [0.1, 0.15) is 11.1 Å². The summed E-state index contributed by atoms with van der Waals surface area (Å²) in [5.74, 6) is 1.59. The topological polar surface area (TPSA) is 47.3 Å². The Labute approximate surface area is 152 Å². The largest absolute Gasteiger partial charge is 0.493 e. The third-order valence-corrected chi connectivity index (χ3v) is 4.38. The number of fused-ring (bicyclic) bond motifs is 1. The Morgan fingerprint density at radius 2 is 1.88 bits per heavy atom. The van der Waals surface area contributed by atoms with Crippen LogP contribution in [-0.2, 0) is 13.1 Å². The van der Waals surface area contributed by atoms with Gasteiger partial charge in [-0.15, -0.1) is 0 Å². The van der Waals surface area contributed by atoms with E-state index in [0.29, 0.717) is 0 Å². The van der Waals surface area contributed by atoms with Gasteiger partial charge in [-0.3, -0.25) is 4.98 Å². The number of nitrogens with one attached hydrogen (secondary N) is 1. The Morgan fingerprint density at radius 1 is 1.00 bits per heavy atom. The first kappa shape index (κ1) is 16.4. The molecule has 4 aromatic rings. The average molecular weight is 344 g/mol. The number of ether oxygens (including phenoxy) is 1. The van der Waals surface area contributed by atoms with Crippen molar-refractivity contribution >= 4 is 11.0 Å². The minimum absolute atomic E-state index is 0.739. The Morgan fingerprint density at radius 3 is 2.65 bits per heavy atom. The first-order valence-corrected chi connectivity index (χ1v) is 8.59. The molecule has 130 valence electrons. The van der Waals surface area contributed by atoms with Gasteiger partial charge in [0.1, 0.15) is 5.76 Å². The van der Waals surface area contributed by atoms with Crippen LogP contribution in [0.25, 0.3) is 22.3 Å². The smallest absolute Gasteiger partial charge is 0.176 e. The zero-order valence-corrected chi connectivity index (χ0v) is 14.6. The summed E-state index contributed by atoms with van der Waals surface area (Å²) in [6.07, 6.45) is 3.66. The Kier molecular flexibility index (Phi) is 4.67. The molecule has 0 aliphatic carbocycles. The van der Waals surface area contributed by atoms with Crippen molar-refractivity contribution in [2.45, 2.75) is 13.1 Å². The second-order valence-corrected chi connectivity index (χ2v) is 6.11. The molecule has 1 N–H and O–H groups in total. The van der Waals surface area contributed by atoms with E-state index in [1.54, 1.807) is 13.3 Å². The van der Waals surface area contributed by atoms with E-state index in [-0.39, 0.29) is 0 Å². The van der Waals surface area contributed by atoms with Crippen LogP contribution in [0.2, 0.25) is 0 Å². The summed E-state index contributed by atoms with van der Waals surface area (Å²) < 4.78 is 11.6. The van der Waals surface area contributed by atoms with E-state index in [0.717, 1.165) is 46.7 Å². The Hall–Kier alpha value is -3.11. The summed E-state index contributed by atoms with van der Waals surface area (Å²) in [7, 11) is 1.67. The maximum atomic E-state index is 6.12. The van der Waals surface area contributed by atoms with E-state index in [1.165, 1.54) is 5.56 Å². The van der Waals surface area contributed by atoms with Crippen LogP contribution in [0.5, 0.6) is 5.75 Å². The molecule has 4 nitrogen and oxygen atoms in total. The van der Waals surface area contributed by atoms with Crippen LogP contribution in [0.15, 0.2) is 77.5 Å². The molecule has 0 fully saturated rings. The van der Waals surface area contributed by atoms with Gasteiger partial charge in [-0.2, -0.15) is 0 Å². The molecule has 0 radical (unpaired) electrons. The third-order valence-electron chi connectivity index (χ3n) is 4.38. The average Bonchev–Trinajstić information content (AvgIpc) is 3.15. The van der Waals surface area contributed by atoms with Gasteiger partial charge in [0, 0.05) is 36.4 Å². The number of methoxy groups -OCH3 is 1. The standard InChI is InChI=1S/C22H20N2O2/c1-25-20-10-9-18(15-24-14-16-6-5-11-23-13-16)19-12-21(26-22(19)20)17-7-3-2-4-8-17/h2-13,24H,14-15H2,1H3. The molecule has 0 saturated heterocycles. The summed E-state index contributed by atoms with van der Waals surface area (Å²) in [4.78, 5) is 4.15. The lowest BCUT2D eigenvalue weighted by Gasteiger charge is -2.08. The fourth-order valence-corrected chi connectivity index (χ4v) is 3.06. The maximum absolute atomic E-state index is 6.12. The number of aromatic nitrogens is 1. The summed E-state index contributed by atoms with van der Waals surface area (Å²) in [5.41, 5.74) is 4.18. The van der Waals surface area contributed by atoms with E-state index >= 15 is 0 Å². The van der Waals surface area contributed by atoms with E-state index in [1.807, 2.05) is 48.7 Å². The van der Waals surface area contributed by atoms with Crippen molar-refractivity contribution in [3.8, 4) is 17.1 Å². The maximum Gasteiger partial charge on any atom is 0.176 e. The normalized spacial score (nSPS) is 11.0. The molecule has 0 bridgehead atoms. The van der Waals surface area contributed by atoms with Crippen molar-refractivity contribution in [1.29, 1.82) is 0 Å². The van der Waals surface area contributed by atoms with Crippen LogP contribution < -0.4 is 10.1 Å². The SMILES string of the molecule is COc1ccc(CNCc2cccnc2)c2cc(-c3ccccc3)oc12. The predicted octanol–water partition coefficient (Wildman–Crippen LogP) is 4.79. The molecule has 2 heterocycles. The zero-order valence-electron chi connectivity index (χ0n) is 14.6. The van der Waals surface area contributed by atoms with Gasteiger partial charge in [0.25, 0.3) is 0 Å². The van der Waals surface area contributed by atoms with Gasteiger partial charge in [0.05, 0.1) is 7.11 Å². The monoisotopic (exact) mass is 344 g/mol. The van der Waals surface area contributed by atoms with Crippen molar-refractivity contribution in [2.75, 3.05) is 7.11 Å². The van der Waals surface area contributed by atoms with E-state index in [4.69, 9.17) is 9.15 Å². The molecule has 2 aromatic carbocycles. The van der Waals surface area contributed by atoms with E-state index in [2.05, 4.69) is 28.5 Å².